The van der Waals surface area contributed by atoms with E-state index in [4.69, 9.17) is 16.3 Å². The molecule has 8 nitrogen and oxygen atoms in total. The predicted molar refractivity (Wildman–Crippen MR) is 121 cm³/mol. The number of piperidine rings is 1. The molecular formula is C22H24ClN3O5S. The molecule has 2 heterocycles. The normalized spacial score (nSPS) is 19.6. The summed E-state index contributed by atoms with van der Waals surface area (Å²) in [5, 5.41) is 6.10. The number of carbonyl (C=O) groups excluding carboxylic acids is 2. The zero-order chi connectivity index (χ0) is 23.0. The summed E-state index contributed by atoms with van der Waals surface area (Å²) in [6.45, 7) is 3.96. The SMILES string of the molecule is Cc1ccc(NC(=O)C2CCN(S(=O)(=O)c3ccc4c(c3)NC(=O)C(C)O4)CC2)cc1Cl. The standard InChI is InChI=1S/C22H24ClN3O5S/c1-13-3-4-16(11-18(13)23)24-22(28)15-7-9-26(10-8-15)32(29,30)17-5-6-20-19(12-17)25-21(27)14(2)31-20/h3-6,11-12,14-15H,7-10H2,1-2H3,(H,24,28)(H,25,27). The van der Waals surface area contributed by atoms with Crippen molar-refractivity contribution in [1.82, 2.24) is 4.31 Å². The van der Waals surface area contributed by atoms with Gasteiger partial charge in [0.15, 0.2) is 6.10 Å². The van der Waals surface area contributed by atoms with Crippen LogP contribution in [0.4, 0.5) is 11.4 Å². The van der Waals surface area contributed by atoms with E-state index in [2.05, 4.69) is 10.6 Å². The summed E-state index contributed by atoms with van der Waals surface area (Å²) in [5.41, 5.74) is 1.87. The van der Waals surface area contributed by atoms with Crippen LogP contribution in [-0.2, 0) is 19.6 Å². The van der Waals surface area contributed by atoms with Crippen molar-refractivity contribution in [3.8, 4) is 5.75 Å². The summed E-state index contributed by atoms with van der Waals surface area (Å²) < 4.78 is 33.1. The topological polar surface area (TPSA) is 105 Å². The van der Waals surface area contributed by atoms with E-state index in [9.17, 15) is 18.0 Å². The number of sulfonamides is 1. The molecule has 2 N–H and O–H groups in total. The van der Waals surface area contributed by atoms with Gasteiger partial charge in [-0.05, 0) is 62.6 Å². The quantitative estimate of drug-likeness (QED) is 0.702. The third-order valence-electron chi connectivity index (χ3n) is 5.78. The molecule has 2 aliphatic heterocycles. The van der Waals surface area contributed by atoms with Crippen molar-refractivity contribution in [2.75, 3.05) is 23.7 Å². The maximum Gasteiger partial charge on any atom is 0.265 e. The van der Waals surface area contributed by atoms with Gasteiger partial charge in [-0.3, -0.25) is 9.59 Å². The number of fused-ring (bicyclic) bond motifs is 1. The van der Waals surface area contributed by atoms with Gasteiger partial charge in [-0.1, -0.05) is 17.7 Å². The first-order valence-corrected chi connectivity index (χ1v) is 12.2. The minimum atomic E-state index is -3.77. The van der Waals surface area contributed by atoms with Crippen molar-refractivity contribution in [2.45, 2.75) is 37.7 Å². The summed E-state index contributed by atoms with van der Waals surface area (Å²) in [7, 11) is -3.77. The fourth-order valence-corrected chi connectivity index (χ4v) is 5.45. The molecule has 2 aromatic rings. The number of nitrogens with zero attached hydrogens (tertiary/aromatic N) is 1. The molecule has 2 aromatic carbocycles. The fourth-order valence-electron chi connectivity index (χ4n) is 3.77. The molecule has 0 radical (unpaired) electrons. The third kappa shape index (κ3) is 4.46. The number of carbonyl (C=O) groups is 2. The molecule has 0 bridgehead atoms. The minimum Gasteiger partial charge on any atom is -0.479 e. The molecule has 1 fully saturated rings. The first kappa shape index (κ1) is 22.6. The number of anilines is 2. The Labute approximate surface area is 191 Å². The molecule has 170 valence electrons. The highest BCUT2D eigenvalue weighted by Gasteiger charge is 2.33. The Kier molecular flexibility index (Phi) is 6.15. The van der Waals surface area contributed by atoms with Crippen LogP contribution < -0.4 is 15.4 Å². The summed E-state index contributed by atoms with van der Waals surface area (Å²) >= 11 is 6.11. The Morgan fingerprint density at radius 1 is 1.19 bits per heavy atom. The van der Waals surface area contributed by atoms with Gasteiger partial charge in [0.2, 0.25) is 15.9 Å². The molecule has 10 heteroatoms. The first-order valence-electron chi connectivity index (χ1n) is 10.3. The molecule has 0 aromatic heterocycles. The number of nitrogens with one attached hydrogen (secondary N) is 2. The van der Waals surface area contributed by atoms with Gasteiger partial charge in [0.05, 0.1) is 10.6 Å². The number of amides is 2. The maximum atomic E-state index is 13.1. The van der Waals surface area contributed by atoms with E-state index in [1.54, 1.807) is 25.1 Å². The largest absolute Gasteiger partial charge is 0.479 e. The second kappa shape index (κ2) is 8.73. The number of hydrogen-bond donors (Lipinski definition) is 2. The predicted octanol–water partition coefficient (Wildman–Crippen LogP) is 3.41. The highest BCUT2D eigenvalue weighted by molar-refractivity contribution is 7.89. The second-order valence-electron chi connectivity index (χ2n) is 8.04. The van der Waals surface area contributed by atoms with Crippen LogP contribution in [0.1, 0.15) is 25.3 Å². The van der Waals surface area contributed by atoms with Gasteiger partial charge in [0.1, 0.15) is 5.75 Å². The number of rotatable bonds is 4. The number of benzene rings is 2. The van der Waals surface area contributed by atoms with E-state index in [1.807, 2.05) is 13.0 Å². The summed E-state index contributed by atoms with van der Waals surface area (Å²) in [5.74, 6) is -0.333. The van der Waals surface area contributed by atoms with E-state index in [0.717, 1.165) is 5.56 Å². The number of hydrogen-bond acceptors (Lipinski definition) is 5. The van der Waals surface area contributed by atoms with Gasteiger partial charge in [0, 0.05) is 29.7 Å². The Balaban J connectivity index is 1.41. The van der Waals surface area contributed by atoms with Crippen molar-refractivity contribution in [2.24, 2.45) is 5.92 Å². The van der Waals surface area contributed by atoms with Crippen LogP contribution in [0.5, 0.6) is 5.75 Å². The Morgan fingerprint density at radius 3 is 2.59 bits per heavy atom. The van der Waals surface area contributed by atoms with E-state index in [1.165, 1.54) is 16.4 Å². The van der Waals surface area contributed by atoms with Crippen LogP contribution in [-0.4, -0.2) is 43.7 Å². The lowest BCUT2D eigenvalue weighted by atomic mass is 9.97. The summed E-state index contributed by atoms with van der Waals surface area (Å²) in [6.07, 6.45) is 0.186. The molecule has 2 amide bonds. The zero-order valence-electron chi connectivity index (χ0n) is 17.7. The Morgan fingerprint density at radius 2 is 1.91 bits per heavy atom. The first-order chi connectivity index (χ1) is 15.1. The second-order valence-corrected chi connectivity index (χ2v) is 10.4. The molecule has 2 aliphatic rings. The average molecular weight is 478 g/mol. The van der Waals surface area contributed by atoms with Crippen molar-refractivity contribution >= 4 is 44.8 Å². The van der Waals surface area contributed by atoms with Crippen LogP contribution in [0.15, 0.2) is 41.3 Å². The van der Waals surface area contributed by atoms with Crippen LogP contribution in [0, 0.1) is 12.8 Å². The molecule has 0 spiro atoms. The highest BCUT2D eigenvalue weighted by Crippen LogP contribution is 2.33. The van der Waals surface area contributed by atoms with Crippen molar-refractivity contribution in [3.63, 3.8) is 0 Å². The highest BCUT2D eigenvalue weighted by atomic mass is 35.5. The average Bonchev–Trinajstić information content (AvgIpc) is 2.77. The molecular weight excluding hydrogens is 454 g/mol. The van der Waals surface area contributed by atoms with E-state index < -0.39 is 16.1 Å². The Bertz CT molecular complexity index is 1180. The molecule has 0 aliphatic carbocycles. The van der Waals surface area contributed by atoms with Crippen molar-refractivity contribution in [3.05, 3.63) is 47.0 Å². The molecule has 4 rings (SSSR count). The van der Waals surface area contributed by atoms with Gasteiger partial charge >= 0.3 is 0 Å². The van der Waals surface area contributed by atoms with Gasteiger partial charge in [-0.15, -0.1) is 0 Å². The van der Waals surface area contributed by atoms with Crippen LogP contribution in [0.25, 0.3) is 0 Å². The van der Waals surface area contributed by atoms with Crippen LogP contribution in [0.3, 0.4) is 0 Å². The van der Waals surface area contributed by atoms with Crippen LogP contribution >= 0.6 is 11.6 Å². The minimum absolute atomic E-state index is 0.0758. The molecule has 1 saturated heterocycles. The van der Waals surface area contributed by atoms with E-state index >= 15 is 0 Å². The maximum absolute atomic E-state index is 13.1. The smallest absolute Gasteiger partial charge is 0.265 e. The van der Waals surface area contributed by atoms with Crippen molar-refractivity contribution in [1.29, 1.82) is 0 Å². The fraction of sp³-hybridized carbons (Fsp3) is 0.364. The van der Waals surface area contributed by atoms with Crippen LogP contribution in [0.2, 0.25) is 5.02 Å². The van der Waals surface area contributed by atoms with E-state index in [-0.39, 0.29) is 35.7 Å². The Hall–Kier alpha value is -2.62. The lowest BCUT2D eigenvalue weighted by molar-refractivity contribution is -0.123. The third-order valence-corrected chi connectivity index (χ3v) is 8.09. The summed E-state index contributed by atoms with van der Waals surface area (Å²) in [4.78, 5) is 24.6. The molecule has 0 saturated carbocycles. The monoisotopic (exact) mass is 477 g/mol. The summed E-state index contributed by atoms with van der Waals surface area (Å²) in [6, 6.07) is 9.75. The van der Waals surface area contributed by atoms with E-state index in [0.29, 0.717) is 35.0 Å². The lowest BCUT2D eigenvalue weighted by Crippen LogP contribution is -2.41. The van der Waals surface area contributed by atoms with Crippen molar-refractivity contribution < 1.29 is 22.7 Å². The van der Waals surface area contributed by atoms with Gasteiger partial charge in [-0.25, -0.2) is 8.42 Å². The van der Waals surface area contributed by atoms with Gasteiger partial charge in [0.25, 0.3) is 5.91 Å². The zero-order valence-corrected chi connectivity index (χ0v) is 19.3. The van der Waals surface area contributed by atoms with Gasteiger partial charge < -0.3 is 15.4 Å². The number of aryl methyl sites for hydroxylation is 1. The molecule has 32 heavy (non-hydrogen) atoms. The molecule has 1 unspecified atom stereocenters. The molecule has 1 atom stereocenters. The lowest BCUT2D eigenvalue weighted by Gasteiger charge is -2.31. The number of ether oxygens (including phenoxy) is 1. The number of halogens is 1. The van der Waals surface area contributed by atoms with Gasteiger partial charge in [-0.2, -0.15) is 4.31 Å².